The number of carbonyl (C=O) groups is 1. The van der Waals surface area contributed by atoms with Gasteiger partial charge in [0.05, 0.1) is 11.9 Å². The minimum atomic E-state index is -0.0631. The zero-order chi connectivity index (χ0) is 10.6. The molecule has 0 radical (unpaired) electrons. The lowest BCUT2D eigenvalue weighted by atomic mass is 10.3. The summed E-state index contributed by atoms with van der Waals surface area (Å²) in [6, 6.07) is 3.32. The number of pyridine rings is 1. The van der Waals surface area contributed by atoms with E-state index in [9.17, 15) is 4.79 Å². The third-order valence-electron chi connectivity index (χ3n) is 1.91. The summed E-state index contributed by atoms with van der Waals surface area (Å²) in [4.78, 5) is 17.3. The summed E-state index contributed by atoms with van der Waals surface area (Å²) < 4.78 is 0. The molecule has 76 valence electrons. The number of nitrogens with two attached hydrogens (primary N) is 1. The zero-order valence-corrected chi connectivity index (χ0v) is 8.53. The number of amides is 1. The lowest BCUT2D eigenvalue weighted by molar-refractivity contribution is 0.0789. The molecule has 0 saturated heterocycles. The molecule has 0 unspecified atom stereocenters. The van der Waals surface area contributed by atoms with E-state index in [1.807, 2.05) is 6.92 Å². The van der Waals surface area contributed by atoms with Crippen LogP contribution in [0.1, 0.15) is 23.8 Å². The largest absolute Gasteiger partial charge is 0.397 e. The van der Waals surface area contributed by atoms with Crippen molar-refractivity contribution in [2.24, 2.45) is 0 Å². The third-order valence-corrected chi connectivity index (χ3v) is 1.91. The molecule has 0 aliphatic carbocycles. The maximum absolute atomic E-state index is 11.7. The van der Waals surface area contributed by atoms with Gasteiger partial charge in [-0.2, -0.15) is 0 Å². The van der Waals surface area contributed by atoms with Gasteiger partial charge < -0.3 is 10.6 Å². The van der Waals surface area contributed by atoms with Crippen LogP contribution >= 0.6 is 0 Å². The van der Waals surface area contributed by atoms with Crippen LogP contribution in [0.4, 0.5) is 5.69 Å². The molecule has 1 amide bonds. The standard InChI is InChI=1S/C10H15N3O/c1-3-6-13(2)10(14)9-5-4-8(11)7-12-9/h4-5,7H,3,6,11H2,1-2H3. The molecule has 0 spiro atoms. The monoisotopic (exact) mass is 193 g/mol. The van der Waals surface area contributed by atoms with Crippen LogP contribution in [0.3, 0.4) is 0 Å². The molecule has 0 aliphatic rings. The predicted molar refractivity (Wildman–Crippen MR) is 55.9 cm³/mol. The fourth-order valence-electron chi connectivity index (χ4n) is 1.16. The normalized spacial score (nSPS) is 9.86. The number of nitrogens with zero attached hydrogens (tertiary/aromatic N) is 2. The Hall–Kier alpha value is -1.58. The number of hydrogen-bond donors (Lipinski definition) is 1. The van der Waals surface area contributed by atoms with Gasteiger partial charge in [-0.25, -0.2) is 4.98 Å². The second-order valence-electron chi connectivity index (χ2n) is 3.20. The summed E-state index contributed by atoms with van der Waals surface area (Å²) >= 11 is 0. The first-order valence-corrected chi connectivity index (χ1v) is 4.62. The predicted octanol–water partition coefficient (Wildman–Crippen LogP) is 1.15. The summed E-state index contributed by atoms with van der Waals surface area (Å²) in [7, 11) is 1.77. The molecular weight excluding hydrogens is 178 g/mol. The van der Waals surface area contributed by atoms with Crippen molar-refractivity contribution in [1.29, 1.82) is 0 Å². The maximum atomic E-state index is 11.7. The van der Waals surface area contributed by atoms with Crippen LogP contribution in [0.15, 0.2) is 18.3 Å². The quantitative estimate of drug-likeness (QED) is 0.783. The first-order valence-electron chi connectivity index (χ1n) is 4.62. The SMILES string of the molecule is CCCN(C)C(=O)c1ccc(N)cn1. The van der Waals surface area contributed by atoms with Crippen LogP contribution in [0.2, 0.25) is 0 Å². The highest BCUT2D eigenvalue weighted by molar-refractivity contribution is 5.92. The van der Waals surface area contributed by atoms with Crippen molar-refractivity contribution in [1.82, 2.24) is 9.88 Å². The Morgan fingerprint density at radius 3 is 2.79 bits per heavy atom. The molecule has 0 saturated carbocycles. The van der Waals surface area contributed by atoms with Gasteiger partial charge in [-0.15, -0.1) is 0 Å². The molecule has 4 heteroatoms. The first kappa shape index (κ1) is 10.5. The van der Waals surface area contributed by atoms with Gasteiger partial charge in [0.15, 0.2) is 0 Å². The minimum Gasteiger partial charge on any atom is -0.397 e. The van der Waals surface area contributed by atoms with Gasteiger partial charge in [-0.1, -0.05) is 6.92 Å². The van der Waals surface area contributed by atoms with Crippen LogP contribution in [0, 0.1) is 0 Å². The number of nitrogen functional groups attached to an aromatic ring is 1. The highest BCUT2D eigenvalue weighted by Crippen LogP contribution is 2.04. The first-order chi connectivity index (χ1) is 6.65. The lowest BCUT2D eigenvalue weighted by Crippen LogP contribution is -2.28. The Morgan fingerprint density at radius 2 is 2.29 bits per heavy atom. The Labute approximate surface area is 83.7 Å². The molecule has 2 N–H and O–H groups in total. The van der Waals surface area contributed by atoms with Crippen molar-refractivity contribution >= 4 is 11.6 Å². The van der Waals surface area contributed by atoms with Gasteiger partial charge in [0.1, 0.15) is 5.69 Å². The van der Waals surface area contributed by atoms with Crippen molar-refractivity contribution in [3.05, 3.63) is 24.0 Å². The van der Waals surface area contributed by atoms with E-state index >= 15 is 0 Å². The summed E-state index contributed by atoms with van der Waals surface area (Å²) in [5, 5.41) is 0. The highest BCUT2D eigenvalue weighted by Gasteiger charge is 2.11. The molecule has 1 aromatic rings. The van der Waals surface area contributed by atoms with Crippen LogP contribution in [-0.2, 0) is 0 Å². The van der Waals surface area contributed by atoms with Gasteiger partial charge in [0.2, 0.25) is 0 Å². The van der Waals surface area contributed by atoms with E-state index in [2.05, 4.69) is 4.98 Å². The maximum Gasteiger partial charge on any atom is 0.272 e. The summed E-state index contributed by atoms with van der Waals surface area (Å²) in [6.45, 7) is 2.77. The molecule has 14 heavy (non-hydrogen) atoms. The van der Waals surface area contributed by atoms with E-state index in [1.165, 1.54) is 6.20 Å². The van der Waals surface area contributed by atoms with Gasteiger partial charge in [0, 0.05) is 13.6 Å². The van der Waals surface area contributed by atoms with E-state index in [1.54, 1.807) is 24.1 Å². The average Bonchev–Trinajstić information content (AvgIpc) is 2.18. The fourth-order valence-corrected chi connectivity index (χ4v) is 1.16. The van der Waals surface area contributed by atoms with Crippen LogP contribution in [0.25, 0.3) is 0 Å². The highest BCUT2D eigenvalue weighted by atomic mass is 16.2. The van der Waals surface area contributed by atoms with Gasteiger partial charge in [-0.05, 0) is 18.6 Å². The Kier molecular flexibility index (Phi) is 3.45. The van der Waals surface area contributed by atoms with Crippen LogP contribution < -0.4 is 5.73 Å². The molecular formula is C10H15N3O. The van der Waals surface area contributed by atoms with E-state index in [0.29, 0.717) is 11.4 Å². The topological polar surface area (TPSA) is 59.2 Å². The van der Waals surface area contributed by atoms with Crippen molar-refractivity contribution in [3.63, 3.8) is 0 Å². The molecule has 0 aliphatic heterocycles. The Balaban J connectivity index is 2.74. The molecule has 1 rings (SSSR count). The van der Waals surface area contributed by atoms with Crippen molar-refractivity contribution in [3.8, 4) is 0 Å². The molecule has 1 aromatic heterocycles. The molecule has 1 heterocycles. The van der Waals surface area contributed by atoms with E-state index in [-0.39, 0.29) is 5.91 Å². The summed E-state index contributed by atoms with van der Waals surface area (Å²) in [5.41, 5.74) is 6.48. The second kappa shape index (κ2) is 4.60. The molecule has 0 aromatic carbocycles. The molecule has 4 nitrogen and oxygen atoms in total. The molecule has 0 bridgehead atoms. The van der Waals surface area contributed by atoms with E-state index < -0.39 is 0 Å². The fraction of sp³-hybridized carbons (Fsp3) is 0.400. The van der Waals surface area contributed by atoms with E-state index in [0.717, 1.165) is 13.0 Å². The second-order valence-corrected chi connectivity index (χ2v) is 3.20. The lowest BCUT2D eigenvalue weighted by Gasteiger charge is -2.15. The zero-order valence-electron chi connectivity index (χ0n) is 8.53. The Morgan fingerprint density at radius 1 is 1.57 bits per heavy atom. The number of anilines is 1. The summed E-state index contributed by atoms with van der Waals surface area (Å²) in [6.07, 6.45) is 2.43. The Bertz CT molecular complexity index is 308. The van der Waals surface area contributed by atoms with Crippen molar-refractivity contribution in [2.45, 2.75) is 13.3 Å². The van der Waals surface area contributed by atoms with Gasteiger partial charge in [0.25, 0.3) is 5.91 Å². The van der Waals surface area contributed by atoms with E-state index in [4.69, 9.17) is 5.73 Å². The molecule has 0 atom stereocenters. The smallest absolute Gasteiger partial charge is 0.272 e. The molecule has 0 fully saturated rings. The van der Waals surface area contributed by atoms with Crippen LogP contribution in [-0.4, -0.2) is 29.4 Å². The van der Waals surface area contributed by atoms with Crippen LogP contribution in [0.5, 0.6) is 0 Å². The number of aromatic nitrogens is 1. The van der Waals surface area contributed by atoms with Gasteiger partial charge in [-0.3, -0.25) is 4.79 Å². The third kappa shape index (κ3) is 2.45. The number of carbonyl (C=O) groups excluding carboxylic acids is 1. The van der Waals surface area contributed by atoms with Crippen molar-refractivity contribution in [2.75, 3.05) is 19.3 Å². The van der Waals surface area contributed by atoms with Gasteiger partial charge >= 0.3 is 0 Å². The number of hydrogen-bond acceptors (Lipinski definition) is 3. The van der Waals surface area contributed by atoms with Crippen molar-refractivity contribution < 1.29 is 4.79 Å². The minimum absolute atomic E-state index is 0.0631. The summed E-state index contributed by atoms with van der Waals surface area (Å²) in [5.74, 6) is -0.0631. The average molecular weight is 193 g/mol. The number of rotatable bonds is 3.